The summed E-state index contributed by atoms with van der Waals surface area (Å²) >= 11 is 0. The molecule has 5 heteroatoms. The van der Waals surface area contributed by atoms with E-state index in [0.717, 1.165) is 30.8 Å². The van der Waals surface area contributed by atoms with E-state index in [9.17, 15) is 4.79 Å². The van der Waals surface area contributed by atoms with E-state index < -0.39 is 0 Å². The fourth-order valence-corrected chi connectivity index (χ4v) is 2.38. The van der Waals surface area contributed by atoms with Gasteiger partial charge in [-0.3, -0.25) is 4.79 Å². The van der Waals surface area contributed by atoms with Gasteiger partial charge in [-0.1, -0.05) is 6.08 Å². The Morgan fingerprint density at radius 2 is 2.10 bits per heavy atom. The van der Waals surface area contributed by atoms with Crippen LogP contribution in [-0.2, 0) is 4.79 Å². The van der Waals surface area contributed by atoms with Crippen LogP contribution in [-0.4, -0.2) is 40.0 Å². The average molecular weight is 275 g/mol. The van der Waals surface area contributed by atoms with Crippen molar-refractivity contribution in [2.75, 3.05) is 13.1 Å². The number of allylic oxidation sites excluding steroid dienone is 1. The van der Waals surface area contributed by atoms with E-state index in [1.807, 2.05) is 31.7 Å². The van der Waals surface area contributed by atoms with Gasteiger partial charge in [0.15, 0.2) is 0 Å². The number of hydrogen-bond acceptors (Lipinski definition) is 4. The highest BCUT2D eigenvalue weighted by molar-refractivity contribution is 5.87. The lowest BCUT2D eigenvalue weighted by Crippen LogP contribution is -2.43. The summed E-state index contributed by atoms with van der Waals surface area (Å²) in [5.41, 5.74) is 1.79. The number of aromatic nitrogens is 2. The molecule has 1 unspecified atom stereocenters. The highest BCUT2D eigenvalue weighted by Gasteiger charge is 2.24. The molecule has 1 amide bonds. The van der Waals surface area contributed by atoms with Crippen molar-refractivity contribution in [3.63, 3.8) is 0 Å². The fourth-order valence-electron chi connectivity index (χ4n) is 2.38. The zero-order valence-corrected chi connectivity index (χ0v) is 12.3. The summed E-state index contributed by atoms with van der Waals surface area (Å²) < 4.78 is 5.84. The number of piperidine rings is 1. The van der Waals surface area contributed by atoms with Gasteiger partial charge in [0.1, 0.15) is 6.10 Å². The molecular formula is C15H21N3O2. The zero-order valence-electron chi connectivity index (χ0n) is 12.3. The van der Waals surface area contributed by atoms with E-state index >= 15 is 0 Å². The molecule has 1 aromatic heterocycles. The Hall–Kier alpha value is -1.91. The number of amides is 1. The molecule has 0 radical (unpaired) electrons. The number of likely N-dealkylation sites (tertiary alicyclic amines) is 1. The van der Waals surface area contributed by atoms with E-state index in [1.54, 1.807) is 12.2 Å². The third-order valence-electron chi connectivity index (χ3n) is 3.23. The molecule has 1 aromatic rings. The van der Waals surface area contributed by atoms with Gasteiger partial charge >= 0.3 is 6.01 Å². The van der Waals surface area contributed by atoms with Crippen LogP contribution in [0.15, 0.2) is 18.2 Å². The molecule has 2 rings (SSSR count). The maximum atomic E-state index is 11.9. The SMILES string of the molecule is C/C=C/C(=O)N1CCCC(Oc2nc(C)cc(C)n2)C1. The van der Waals surface area contributed by atoms with Crippen molar-refractivity contribution in [2.24, 2.45) is 0 Å². The van der Waals surface area contributed by atoms with Crippen LogP contribution >= 0.6 is 0 Å². The van der Waals surface area contributed by atoms with Gasteiger partial charge in [0.05, 0.1) is 6.54 Å². The van der Waals surface area contributed by atoms with Crippen molar-refractivity contribution in [3.8, 4) is 6.01 Å². The number of nitrogens with zero attached hydrogens (tertiary/aromatic N) is 3. The van der Waals surface area contributed by atoms with Gasteiger partial charge in [0.25, 0.3) is 0 Å². The van der Waals surface area contributed by atoms with E-state index in [-0.39, 0.29) is 12.0 Å². The van der Waals surface area contributed by atoms with Gasteiger partial charge in [-0.15, -0.1) is 0 Å². The molecule has 1 fully saturated rings. The summed E-state index contributed by atoms with van der Waals surface area (Å²) in [6, 6.07) is 2.32. The normalized spacial score (nSPS) is 19.4. The van der Waals surface area contributed by atoms with Crippen LogP contribution in [0.4, 0.5) is 0 Å². The third kappa shape index (κ3) is 3.79. The minimum absolute atomic E-state index is 0.0286. The average Bonchev–Trinajstić information content (AvgIpc) is 2.38. The minimum atomic E-state index is -0.0286. The summed E-state index contributed by atoms with van der Waals surface area (Å²) in [5.74, 6) is 0.0436. The van der Waals surface area contributed by atoms with Crippen LogP contribution < -0.4 is 4.74 Å². The van der Waals surface area contributed by atoms with Gasteiger partial charge in [-0.25, -0.2) is 9.97 Å². The van der Waals surface area contributed by atoms with Gasteiger partial charge in [0.2, 0.25) is 5.91 Å². The Labute approximate surface area is 119 Å². The van der Waals surface area contributed by atoms with Crippen LogP contribution in [0.5, 0.6) is 6.01 Å². The number of aryl methyl sites for hydroxylation is 2. The van der Waals surface area contributed by atoms with Gasteiger partial charge in [0, 0.05) is 17.9 Å². The number of rotatable bonds is 3. The van der Waals surface area contributed by atoms with Crippen molar-refractivity contribution < 1.29 is 9.53 Å². The second kappa shape index (κ2) is 6.50. The molecule has 5 nitrogen and oxygen atoms in total. The summed E-state index contributed by atoms with van der Waals surface area (Å²) in [6.45, 7) is 7.07. The molecule has 1 atom stereocenters. The minimum Gasteiger partial charge on any atom is -0.458 e. The van der Waals surface area contributed by atoms with Crippen molar-refractivity contribution in [1.29, 1.82) is 0 Å². The highest BCUT2D eigenvalue weighted by Crippen LogP contribution is 2.16. The summed E-state index contributed by atoms with van der Waals surface area (Å²) in [7, 11) is 0. The Balaban J connectivity index is 2.00. The van der Waals surface area contributed by atoms with Crippen molar-refractivity contribution in [3.05, 3.63) is 29.6 Å². The summed E-state index contributed by atoms with van der Waals surface area (Å²) in [4.78, 5) is 22.2. The third-order valence-corrected chi connectivity index (χ3v) is 3.23. The fraction of sp³-hybridized carbons (Fsp3) is 0.533. The molecule has 2 heterocycles. The molecular weight excluding hydrogens is 254 g/mol. The second-order valence-corrected chi connectivity index (χ2v) is 5.10. The molecule has 1 saturated heterocycles. The number of hydrogen-bond donors (Lipinski definition) is 0. The lowest BCUT2D eigenvalue weighted by atomic mass is 10.1. The first-order chi connectivity index (χ1) is 9.58. The summed E-state index contributed by atoms with van der Waals surface area (Å²) in [5, 5.41) is 0. The van der Waals surface area contributed by atoms with Crippen LogP contribution in [0.2, 0.25) is 0 Å². The molecule has 0 spiro atoms. The monoisotopic (exact) mass is 275 g/mol. The van der Waals surface area contributed by atoms with Crippen LogP contribution in [0, 0.1) is 13.8 Å². The van der Waals surface area contributed by atoms with E-state index in [1.165, 1.54) is 0 Å². The molecule has 0 N–H and O–H groups in total. The van der Waals surface area contributed by atoms with Crippen LogP contribution in [0.25, 0.3) is 0 Å². The molecule has 0 saturated carbocycles. The van der Waals surface area contributed by atoms with E-state index in [4.69, 9.17) is 4.74 Å². The lowest BCUT2D eigenvalue weighted by molar-refractivity contribution is -0.128. The van der Waals surface area contributed by atoms with Gasteiger partial charge in [-0.2, -0.15) is 0 Å². The van der Waals surface area contributed by atoms with E-state index in [2.05, 4.69) is 9.97 Å². The molecule has 1 aliphatic heterocycles. The van der Waals surface area contributed by atoms with Crippen molar-refractivity contribution in [1.82, 2.24) is 14.9 Å². The molecule has 20 heavy (non-hydrogen) atoms. The topological polar surface area (TPSA) is 55.3 Å². The molecule has 0 aromatic carbocycles. The molecule has 1 aliphatic rings. The summed E-state index contributed by atoms with van der Waals surface area (Å²) in [6.07, 6.45) is 5.20. The van der Waals surface area contributed by atoms with E-state index in [0.29, 0.717) is 12.6 Å². The van der Waals surface area contributed by atoms with Crippen LogP contribution in [0.1, 0.15) is 31.2 Å². The van der Waals surface area contributed by atoms with Gasteiger partial charge < -0.3 is 9.64 Å². The quantitative estimate of drug-likeness (QED) is 0.792. The predicted molar refractivity (Wildman–Crippen MR) is 76.6 cm³/mol. The first-order valence-corrected chi connectivity index (χ1v) is 6.99. The zero-order chi connectivity index (χ0) is 14.5. The number of carbonyl (C=O) groups excluding carboxylic acids is 1. The Bertz CT molecular complexity index is 494. The predicted octanol–water partition coefficient (Wildman–Crippen LogP) is 2.04. The lowest BCUT2D eigenvalue weighted by Gasteiger charge is -2.31. The van der Waals surface area contributed by atoms with Crippen molar-refractivity contribution >= 4 is 5.91 Å². The Kier molecular flexibility index (Phi) is 4.71. The maximum absolute atomic E-state index is 11.9. The molecule has 0 bridgehead atoms. The Morgan fingerprint density at radius 1 is 1.40 bits per heavy atom. The van der Waals surface area contributed by atoms with Crippen molar-refractivity contribution in [2.45, 2.75) is 39.7 Å². The first kappa shape index (κ1) is 14.5. The number of carbonyl (C=O) groups is 1. The van der Waals surface area contributed by atoms with Crippen LogP contribution in [0.3, 0.4) is 0 Å². The standard InChI is InChI=1S/C15H21N3O2/c1-4-6-14(19)18-8-5-7-13(10-18)20-15-16-11(2)9-12(3)17-15/h4,6,9,13H,5,7-8,10H2,1-3H3/b6-4+. The molecule has 0 aliphatic carbocycles. The molecule has 108 valence electrons. The first-order valence-electron chi connectivity index (χ1n) is 6.99. The largest absolute Gasteiger partial charge is 0.458 e. The second-order valence-electron chi connectivity index (χ2n) is 5.10. The maximum Gasteiger partial charge on any atom is 0.317 e. The Morgan fingerprint density at radius 3 is 2.75 bits per heavy atom. The van der Waals surface area contributed by atoms with Gasteiger partial charge in [-0.05, 0) is 45.8 Å². The number of ether oxygens (including phenoxy) is 1. The smallest absolute Gasteiger partial charge is 0.317 e. The highest BCUT2D eigenvalue weighted by atomic mass is 16.5.